The molecule has 2 atom stereocenters. The molecule has 0 aromatic heterocycles. The normalized spacial score (nSPS) is 24.7. The monoisotopic (exact) mass is 345 g/mol. The van der Waals surface area contributed by atoms with Crippen LogP contribution in [0, 0.1) is 0 Å². The van der Waals surface area contributed by atoms with Crippen LogP contribution in [0.15, 0.2) is 24.3 Å². The molecule has 1 aromatic carbocycles. The average Bonchev–Trinajstić information content (AvgIpc) is 3.25. The molecule has 1 N–H and O–H groups in total. The summed E-state index contributed by atoms with van der Waals surface area (Å²) in [5, 5.41) is 3.06. The Balaban J connectivity index is 1.57. The van der Waals surface area contributed by atoms with Gasteiger partial charge in [-0.15, -0.1) is 0 Å². The van der Waals surface area contributed by atoms with E-state index in [-0.39, 0.29) is 12.0 Å². The zero-order chi connectivity index (χ0) is 17.6. The number of aryl methyl sites for hydroxylation is 1. The van der Waals surface area contributed by atoms with Crippen molar-refractivity contribution in [2.45, 2.75) is 44.8 Å². The quantitative estimate of drug-likeness (QED) is 0.824. The molecule has 2 saturated heterocycles. The molecule has 138 valence electrons. The van der Waals surface area contributed by atoms with Crippen LogP contribution in [-0.4, -0.2) is 67.7 Å². The van der Waals surface area contributed by atoms with Crippen molar-refractivity contribution in [3.63, 3.8) is 0 Å². The molecule has 5 nitrogen and oxygen atoms in total. The third-order valence-corrected chi connectivity index (χ3v) is 5.46. The number of carbonyl (C=O) groups is 1. The van der Waals surface area contributed by atoms with Crippen LogP contribution < -0.4 is 5.32 Å². The van der Waals surface area contributed by atoms with E-state index in [9.17, 15) is 4.79 Å². The third-order valence-electron chi connectivity index (χ3n) is 5.46. The molecule has 2 aliphatic rings. The van der Waals surface area contributed by atoms with Gasteiger partial charge in [0.2, 0.25) is 5.91 Å². The highest BCUT2D eigenvalue weighted by Gasteiger charge is 2.34. The number of likely N-dealkylation sites (tertiary alicyclic amines) is 2. The fraction of sp³-hybridized carbons (Fsp3) is 0.650. The zero-order valence-electron chi connectivity index (χ0n) is 15.5. The average molecular weight is 345 g/mol. The topological polar surface area (TPSA) is 44.8 Å². The molecule has 1 amide bonds. The van der Waals surface area contributed by atoms with Crippen molar-refractivity contribution in [2.24, 2.45) is 0 Å². The predicted octanol–water partition coefficient (Wildman–Crippen LogP) is 2.37. The first-order chi connectivity index (χ1) is 12.2. The van der Waals surface area contributed by atoms with Gasteiger partial charge in [0.05, 0.1) is 12.6 Å². The number of ether oxygens (including phenoxy) is 1. The molecule has 25 heavy (non-hydrogen) atoms. The van der Waals surface area contributed by atoms with E-state index in [2.05, 4.69) is 34.2 Å². The summed E-state index contributed by atoms with van der Waals surface area (Å²) >= 11 is 0. The van der Waals surface area contributed by atoms with Gasteiger partial charge in [-0.2, -0.15) is 0 Å². The maximum atomic E-state index is 12.5. The van der Waals surface area contributed by atoms with E-state index in [0.29, 0.717) is 12.6 Å². The number of hydrogen-bond acceptors (Lipinski definition) is 4. The van der Waals surface area contributed by atoms with Gasteiger partial charge in [-0.25, -0.2) is 0 Å². The molecule has 0 spiro atoms. The standard InChI is InChI=1S/C20H31N3O2/c1-3-16-7-6-8-17(11-16)21-20(24)15-23-14-19(25-2)12-18(23)13-22-9-4-5-10-22/h6-8,11,18-19H,3-5,9-10,12-15H2,1-2H3,(H,21,24)/t18-,19-/m0/s1. The van der Waals surface area contributed by atoms with Crippen molar-refractivity contribution >= 4 is 11.6 Å². The van der Waals surface area contributed by atoms with E-state index >= 15 is 0 Å². The number of hydrogen-bond donors (Lipinski definition) is 1. The van der Waals surface area contributed by atoms with Crippen molar-refractivity contribution in [2.75, 3.05) is 45.2 Å². The van der Waals surface area contributed by atoms with Gasteiger partial charge in [-0.05, 0) is 56.5 Å². The first-order valence-corrected chi connectivity index (χ1v) is 9.56. The Morgan fingerprint density at radius 2 is 2.12 bits per heavy atom. The van der Waals surface area contributed by atoms with Crippen molar-refractivity contribution in [1.82, 2.24) is 9.80 Å². The molecule has 2 heterocycles. The van der Waals surface area contributed by atoms with Crippen molar-refractivity contribution < 1.29 is 9.53 Å². The van der Waals surface area contributed by atoms with Gasteiger partial charge in [0.15, 0.2) is 0 Å². The van der Waals surface area contributed by atoms with Gasteiger partial charge in [-0.1, -0.05) is 19.1 Å². The molecule has 5 heteroatoms. The van der Waals surface area contributed by atoms with Crippen LogP contribution in [0.3, 0.4) is 0 Å². The lowest BCUT2D eigenvalue weighted by molar-refractivity contribution is -0.117. The Kier molecular flexibility index (Phi) is 6.45. The van der Waals surface area contributed by atoms with Crippen LogP contribution in [0.1, 0.15) is 31.7 Å². The second-order valence-electron chi connectivity index (χ2n) is 7.29. The summed E-state index contributed by atoms with van der Waals surface area (Å²) in [6.45, 7) is 6.85. The molecule has 0 unspecified atom stereocenters. The molecule has 3 rings (SSSR count). The van der Waals surface area contributed by atoms with E-state index in [1.165, 1.54) is 31.5 Å². The number of nitrogens with one attached hydrogen (secondary N) is 1. The van der Waals surface area contributed by atoms with Crippen LogP contribution in [0.2, 0.25) is 0 Å². The van der Waals surface area contributed by atoms with Gasteiger partial charge in [0.1, 0.15) is 0 Å². The Bertz CT molecular complexity index is 572. The van der Waals surface area contributed by atoms with Gasteiger partial charge in [0.25, 0.3) is 0 Å². The molecule has 0 radical (unpaired) electrons. The number of nitrogens with zero attached hydrogens (tertiary/aromatic N) is 2. The number of amides is 1. The molecule has 2 aliphatic heterocycles. The van der Waals surface area contributed by atoms with Crippen LogP contribution >= 0.6 is 0 Å². The van der Waals surface area contributed by atoms with E-state index in [1.807, 2.05) is 12.1 Å². The molecular formula is C20H31N3O2. The summed E-state index contributed by atoms with van der Waals surface area (Å²) in [7, 11) is 1.78. The molecular weight excluding hydrogens is 314 g/mol. The largest absolute Gasteiger partial charge is 0.380 e. The first-order valence-electron chi connectivity index (χ1n) is 9.56. The minimum atomic E-state index is 0.0661. The lowest BCUT2D eigenvalue weighted by Gasteiger charge is -2.27. The van der Waals surface area contributed by atoms with Crippen LogP contribution in [-0.2, 0) is 16.0 Å². The molecule has 0 aliphatic carbocycles. The highest BCUT2D eigenvalue weighted by atomic mass is 16.5. The van der Waals surface area contributed by atoms with Gasteiger partial charge in [-0.3, -0.25) is 9.69 Å². The number of benzene rings is 1. The summed E-state index contributed by atoms with van der Waals surface area (Å²) in [6, 6.07) is 8.52. The number of carbonyl (C=O) groups excluding carboxylic acids is 1. The zero-order valence-corrected chi connectivity index (χ0v) is 15.5. The van der Waals surface area contributed by atoms with Gasteiger partial charge < -0.3 is 15.0 Å². The molecule has 0 bridgehead atoms. The Morgan fingerprint density at radius 1 is 1.32 bits per heavy atom. The van der Waals surface area contributed by atoms with Crippen LogP contribution in [0.5, 0.6) is 0 Å². The second-order valence-corrected chi connectivity index (χ2v) is 7.29. The summed E-state index contributed by atoms with van der Waals surface area (Å²) in [4.78, 5) is 17.4. The molecule has 2 fully saturated rings. The first kappa shape index (κ1) is 18.4. The van der Waals surface area contributed by atoms with Crippen molar-refractivity contribution in [3.8, 4) is 0 Å². The predicted molar refractivity (Wildman–Crippen MR) is 101 cm³/mol. The van der Waals surface area contributed by atoms with Gasteiger partial charge >= 0.3 is 0 Å². The van der Waals surface area contributed by atoms with Gasteiger partial charge in [0, 0.05) is 31.9 Å². The van der Waals surface area contributed by atoms with Crippen LogP contribution in [0.25, 0.3) is 0 Å². The number of rotatable bonds is 7. The fourth-order valence-electron chi connectivity index (χ4n) is 4.01. The number of methoxy groups -OCH3 is 1. The minimum absolute atomic E-state index is 0.0661. The highest BCUT2D eigenvalue weighted by Crippen LogP contribution is 2.22. The molecule has 0 saturated carbocycles. The van der Waals surface area contributed by atoms with E-state index in [4.69, 9.17) is 4.74 Å². The second kappa shape index (κ2) is 8.79. The van der Waals surface area contributed by atoms with Crippen molar-refractivity contribution in [1.29, 1.82) is 0 Å². The summed E-state index contributed by atoms with van der Waals surface area (Å²) in [6.07, 6.45) is 4.84. The molecule has 1 aromatic rings. The Labute approximate surface area is 151 Å². The lowest BCUT2D eigenvalue weighted by atomic mass is 10.1. The maximum Gasteiger partial charge on any atom is 0.238 e. The van der Waals surface area contributed by atoms with E-state index in [0.717, 1.165) is 31.6 Å². The van der Waals surface area contributed by atoms with E-state index in [1.54, 1.807) is 7.11 Å². The minimum Gasteiger partial charge on any atom is -0.380 e. The Morgan fingerprint density at radius 3 is 2.84 bits per heavy atom. The summed E-state index contributed by atoms with van der Waals surface area (Å²) in [5.41, 5.74) is 2.13. The van der Waals surface area contributed by atoms with E-state index < -0.39 is 0 Å². The highest BCUT2D eigenvalue weighted by molar-refractivity contribution is 5.92. The maximum absolute atomic E-state index is 12.5. The smallest absolute Gasteiger partial charge is 0.238 e. The Hall–Kier alpha value is -1.43. The third kappa shape index (κ3) is 5.03. The SMILES string of the molecule is CCc1cccc(NC(=O)CN2C[C@@H](OC)C[C@H]2CN2CCCC2)c1. The number of anilines is 1. The summed E-state index contributed by atoms with van der Waals surface area (Å²) in [5.74, 6) is 0.0661. The fourth-order valence-corrected chi connectivity index (χ4v) is 4.01. The van der Waals surface area contributed by atoms with Crippen molar-refractivity contribution in [3.05, 3.63) is 29.8 Å². The lowest BCUT2D eigenvalue weighted by Crippen LogP contribution is -2.42. The summed E-state index contributed by atoms with van der Waals surface area (Å²) < 4.78 is 5.57. The van der Waals surface area contributed by atoms with Crippen LogP contribution in [0.4, 0.5) is 5.69 Å².